The molecule has 0 bridgehead atoms. The van der Waals surface area contributed by atoms with Crippen LogP contribution in [0.15, 0.2) is 30.5 Å². The Bertz CT molecular complexity index is 1200. The number of morpholine rings is 1. The number of aryl methyl sites for hydroxylation is 2. The Balaban J connectivity index is 1.40. The third kappa shape index (κ3) is 4.23. The van der Waals surface area contributed by atoms with Crippen LogP contribution < -0.4 is 0 Å². The fourth-order valence-corrected chi connectivity index (χ4v) is 4.75. The Morgan fingerprint density at radius 2 is 1.88 bits per heavy atom. The van der Waals surface area contributed by atoms with E-state index in [1.54, 1.807) is 11.1 Å². The van der Waals surface area contributed by atoms with Gasteiger partial charge in [0.2, 0.25) is 0 Å². The number of fused-ring (bicyclic) bond motifs is 1. The zero-order valence-corrected chi connectivity index (χ0v) is 19.1. The van der Waals surface area contributed by atoms with E-state index in [9.17, 15) is 9.59 Å². The molecular formula is C25H29N5O3. The van der Waals surface area contributed by atoms with Crippen molar-refractivity contribution in [1.29, 1.82) is 0 Å². The smallest absolute Gasteiger partial charge is 0.270 e. The maximum absolute atomic E-state index is 13.5. The Morgan fingerprint density at radius 3 is 2.67 bits per heavy atom. The van der Waals surface area contributed by atoms with Gasteiger partial charge in [-0.25, -0.2) is 9.97 Å². The summed E-state index contributed by atoms with van der Waals surface area (Å²) in [6.07, 6.45) is 4.39. The lowest BCUT2D eigenvalue weighted by Gasteiger charge is -2.34. The minimum absolute atomic E-state index is 0.0386. The zero-order valence-electron chi connectivity index (χ0n) is 19.1. The summed E-state index contributed by atoms with van der Waals surface area (Å²) in [4.78, 5) is 42.6. The molecule has 0 radical (unpaired) electrons. The van der Waals surface area contributed by atoms with Crippen molar-refractivity contribution >= 4 is 22.7 Å². The van der Waals surface area contributed by atoms with Gasteiger partial charge in [-0.2, -0.15) is 0 Å². The van der Waals surface area contributed by atoms with Crippen LogP contribution in [0.25, 0.3) is 10.9 Å². The first-order chi connectivity index (χ1) is 16.0. The van der Waals surface area contributed by atoms with Crippen LogP contribution in [0.4, 0.5) is 0 Å². The van der Waals surface area contributed by atoms with Crippen LogP contribution in [0, 0.1) is 13.8 Å². The fraction of sp³-hybridized carbons (Fsp3) is 0.440. The lowest BCUT2D eigenvalue weighted by molar-refractivity contribution is 0.0301. The van der Waals surface area contributed by atoms with Crippen molar-refractivity contribution in [3.63, 3.8) is 0 Å². The molecule has 1 N–H and O–H groups in total. The van der Waals surface area contributed by atoms with Crippen LogP contribution in [0.2, 0.25) is 0 Å². The summed E-state index contributed by atoms with van der Waals surface area (Å²) in [5.41, 5.74) is 3.86. The number of hydrogen-bond donors (Lipinski definition) is 1. The van der Waals surface area contributed by atoms with E-state index < -0.39 is 0 Å². The van der Waals surface area contributed by atoms with Gasteiger partial charge in [-0.15, -0.1) is 0 Å². The lowest BCUT2D eigenvalue weighted by atomic mass is 10.0. The summed E-state index contributed by atoms with van der Waals surface area (Å²) in [7, 11) is 0. The molecule has 1 atom stereocenters. The molecule has 0 spiro atoms. The number of likely N-dealkylation sites (tertiary alicyclic amines) is 1. The second-order valence-corrected chi connectivity index (χ2v) is 8.92. The van der Waals surface area contributed by atoms with Crippen molar-refractivity contribution in [3.05, 3.63) is 58.8 Å². The second kappa shape index (κ2) is 8.94. The van der Waals surface area contributed by atoms with E-state index in [2.05, 4.69) is 16.0 Å². The monoisotopic (exact) mass is 447 g/mol. The maximum Gasteiger partial charge on any atom is 0.270 e. The number of aromatic nitrogens is 3. The highest BCUT2D eigenvalue weighted by atomic mass is 16.5. The van der Waals surface area contributed by atoms with E-state index in [1.807, 2.05) is 36.9 Å². The molecule has 2 aromatic heterocycles. The molecule has 2 aliphatic heterocycles. The number of hydrogen-bond acceptors (Lipinski definition) is 5. The van der Waals surface area contributed by atoms with Crippen molar-refractivity contribution in [3.8, 4) is 0 Å². The van der Waals surface area contributed by atoms with Gasteiger partial charge >= 0.3 is 0 Å². The van der Waals surface area contributed by atoms with Crippen LogP contribution in [0.5, 0.6) is 0 Å². The predicted molar refractivity (Wildman–Crippen MR) is 124 cm³/mol. The molecule has 33 heavy (non-hydrogen) atoms. The Morgan fingerprint density at radius 1 is 1.06 bits per heavy atom. The van der Waals surface area contributed by atoms with E-state index in [0.717, 1.165) is 35.7 Å². The topological polar surface area (TPSA) is 91.4 Å². The van der Waals surface area contributed by atoms with Crippen LogP contribution in [0.3, 0.4) is 0 Å². The number of carbonyl (C=O) groups excluding carboxylic acids is 2. The highest BCUT2D eigenvalue weighted by Gasteiger charge is 2.32. The van der Waals surface area contributed by atoms with Crippen molar-refractivity contribution in [2.75, 3.05) is 32.8 Å². The van der Waals surface area contributed by atoms with Gasteiger partial charge in [0.15, 0.2) is 5.82 Å². The first kappa shape index (κ1) is 21.6. The quantitative estimate of drug-likeness (QED) is 0.664. The number of ether oxygens (including phenoxy) is 1. The Labute approximate surface area is 193 Å². The molecule has 1 aromatic carbocycles. The highest BCUT2D eigenvalue weighted by molar-refractivity contribution is 5.98. The summed E-state index contributed by atoms with van der Waals surface area (Å²) in [6.45, 7) is 6.80. The third-order valence-corrected chi connectivity index (χ3v) is 6.60. The van der Waals surface area contributed by atoms with Crippen LogP contribution in [-0.2, 0) is 4.74 Å². The molecule has 3 aromatic rings. The summed E-state index contributed by atoms with van der Waals surface area (Å²) in [6, 6.07) is 7.84. The SMILES string of the molecule is Cc1ccc2cc(C(=O)N3CCCCC3c3ncc(C(=O)N4CCOCC4)c(C)n3)[nH]c2c1. The molecular weight excluding hydrogens is 418 g/mol. The number of nitrogens with zero attached hydrogens (tertiary/aromatic N) is 4. The van der Waals surface area contributed by atoms with Crippen LogP contribution in [-0.4, -0.2) is 69.4 Å². The van der Waals surface area contributed by atoms with E-state index in [1.165, 1.54) is 0 Å². The van der Waals surface area contributed by atoms with Gasteiger partial charge in [-0.1, -0.05) is 12.1 Å². The molecule has 4 heterocycles. The number of nitrogens with one attached hydrogen (secondary N) is 1. The van der Waals surface area contributed by atoms with Crippen molar-refractivity contribution in [1.82, 2.24) is 24.8 Å². The number of amides is 2. The predicted octanol–water partition coefficient (Wildman–Crippen LogP) is 3.41. The zero-order chi connectivity index (χ0) is 22.9. The van der Waals surface area contributed by atoms with E-state index >= 15 is 0 Å². The third-order valence-electron chi connectivity index (χ3n) is 6.60. The first-order valence-corrected chi connectivity index (χ1v) is 11.6. The Kier molecular flexibility index (Phi) is 5.85. The molecule has 1 unspecified atom stereocenters. The minimum atomic E-state index is -0.203. The van der Waals surface area contributed by atoms with Gasteiger partial charge in [0.1, 0.15) is 5.69 Å². The number of rotatable bonds is 3. The number of benzene rings is 1. The molecule has 2 saturated heterocycles. The van der Waals surface area contributed by atoms with Crippen molar-refractivity contribution in [2.24, 2.45) is 0 Å². The lowest BCUT2D eigenvalue weighted by Crippen LogP contribution is -2.41. The number of carbonyl (C=O) groups is 2. The summed E-state index contributed by atoms with van der Waals surface area (Å²) in [5, 5.41) is 1.02. The van der Waals surface area contributed by atoms with Gasteiger partial charge in [0.05, 0.1) is 30.5 Å². The van der Waals surface area contributed by atoms with Crippen LogP contribution >= 0.6 is 0 Å². The largest absolute Gasteiger partial charge is 0.378 e. The molecule has 2 aliphatic rings. The van der Waals surface area contributed by atoms with E-state index in [-0.39, 0.29) is 17.9 Å². The van der Waals surface area contributed by atoms with Gasteiger partial charge in [0, 0.05) is 36.7 Å². The summed E-state index contributed by atoms with van der Waals surface area (Å²) < 4.78 is 5.34. The van der Waals surface area contributed by atoms with Gasteiger partial charge in [-0.05, 0) is 50.8 Å². The number of aromatic amines is 1. The maximum atomic E-state index is 13.5. The standard InChI is InChI=1S/C25H29N5O3/c1-16-6-7-18-14-21(28-20(18)13-16)25(32)30-8-4-3-5-22(30)23-26-15-19(17(2)27-23)24(31)29-9-11-33-12-10-29/h6-7,13-15,22,28H,3-5,8-12H2,1-2H3. The number of piperidine rings is 1. The summed E-state index contributed by atoms with van der Waals surface area (Å²) in [5.74, 6) is 0.501. The molecule has 0 aliphatic carbocycles. The normalized spacial score (nSPS) is 19.2. The van der Waals surface area contributed by atoms with Crippen molar-refractivity contribution < 1.29 is 14.3 Å². The molecule has 5 rings (SSSR count). The first-order valence-electron chi connectivity index (χ1n) is 11.6. The van der Waals surface area contributed by atoms with E-state index in [0.29, 0.717) is 55.6 Å². The average molecular weight is 448 g/mol. The molecule has 172 valence electrons. The second-order valence-electron chi connectivity index (χ2n) is 8.92. The highest BCUT2D eigenvalue weighted by Crippen LogP contribution is 2.31. The fourth-order valence-electron chi connectivity index (χ4n) is 4.75. The van der Waals surface area contributed by atoms with E-state index in [4.69, 9.17) is 9.72 Å². The van der Waals surface area contributed by atoms with Gasteiger partial charge < -0.3 is 19.5 Å². The molecule has 0 saturated carbocycles. The molecule has 2 amide bonds. The molecule has 2 fully saturated rings. The molecule has 8 nitrogen and oxygen atoms in total. The summed E-state index contributed by atoms with van der Waals surface area (Å²) >= 11 is 0. The van der Waals surface area contributed by atoms with Crippen LogP contribution in [0.1, 0.15) is 63.2 Å². The average Bonchev–Trinajstić information content (AvgIpc) is 3.27. The minimum Gasteiger partial charge on any atom is -0.378 e. The Hall–Kier alpha value is -3.26. The van der Waals surface area contributed by atoms with Gasteiger partial charge in [-0.3, -0.25) is 9.59 Å². The molecule has 8 heteroatoms. The van der Waals surface area contributed by atoms with Gasteiger partial charge in [0.25, 0.3) is 11.8 Å². The van der Waals surface area contributed by atoms with Crippen molar-refractivity contribution in [2.45, 2.75) is 39.2 Å². The number of H-pyrrole nitrogens is 1.